The number of halogens is 3. The zero-order valence-electron chi connectivity index (χ0n) is 7.17. The third-order valence-electron chi connectivity index (χ3n) is 1.88. The van der Waals surface area contributed by atoms with Gasteiger partial charge in [-0.2, -0.15) is 13.2 Å². The van der Waals surface area contributed by atoms with E-state index < -0.39 is 22.7 Å². The number of rotatable bonds is 0. The molecule has 0 fully saturated rings. The predicted octanol–water partition coefficient (Wildman–Crippen LogP) is 1.34. The molecule has 0 aliphatic rings. The molecule has 0 saturated carbocycles. The molecule has 4 nitrogen and oxygen atoms in total. The van der Waals surface area contributed by atoms with Crippen LogP contribution in [0.2, 0.25) is 0 Å². The molecule has 1 aromatic carbocycles. The lowest BCUT2D eigenvalue weighted by molar-refractivity contribution is -0.136. The maximum Gasteiger partial charge on any atom is 0.417 e. The van der Waals surface area contributed by atoms with Crippen LogP contribution in [-0.2, 0) is 6.18 Å². The van der Waals surface area contributed by atoms with Crippen LogP contribution in [0.1, 0.15) is 5.56 Å². The molecule has 0 radical (unpaired) electrons. The molecule has 0 amide bonds. The quantitative estimate of drug-likeness (QED) is 0.721. The summed E-state index contributed by atoms with van der Waals surface area (Å²) in [5, 5.41) is 7.98. The largest absolute Gasteiger partial charge is 0.417 e. The summed E-state index contributed by atoms with van der Waals surface area (Å²) in [6, 6.07) is 3.31. The van der Waals surface area contributed by atoms with Gasteiger partial charge < -0.3 is 0 Å². The van der Waals surface area contributed by atoms with Crippen molar-refractivity contribution in [3.05, 3.63) is 34.1 Å². The Balaban J connectivity index is 2.93. The summed E-state index contributed by atoms with van der Waals surface area (Å²) in [6.07, 6.45) is -4.57. The maximum atomic E-state index is 12.5. The summed E-state index contributed by atoms with van der Waals surface area (Å²) < 4.78 is 37.5. The Morgan fingerprint density at radius 1 is 1.27 bits per heavy atom. The van der Waals surface area contributed by atoms with Crippen molar-refractivity contribution < 1.29 is 13.2 Å². The number of H-pyrrole nitrogens is 1. The van der Waals surface area contributed by atoms with Crippen LogP contribution in [0, 0.1) is 0 Å². The van der Waals surface area contributed by atoms with Gasteiger partial charge in [0.15, 0.2) is 0 Å². The van der Waals surface area contributed by atoms with E-state index in [0.29, 0.717) is 0 Å². The molecule has 0 aliphatic heterocycles. The molecule has 0 saturated heterocycles. The van der Waals surface area contributed by atoms with E-state index >= 15 is 0 Å². The number of benzene rings is 1. The standard InChI is InChI=1S/C8H4F3N3O/c9-8(10,11)4-2-1-3-5-6(4)7(15)13-14-12-5/h1-3H,(H,12,13,15). The van der Waals surface area contributed by atoms with Crippen LogP contribution in [0.25, 0.3) is 10.9 Å². The van der Waals surface area contributed by atoms with Gasteiger partial charge in [-0.15, -0.1) is 5.10 Å². The van der Waals surface area contributed by atoms with E-state index in [9.17, 15) is 18.0 Å². The van der Waals surface area contributed by atoms with Crippen LogP contribution >= 0.6 is 0 Å². The summed E-state index contributed by atoms with van der Waals surface area (Å²) in [5.74, 6) is 0. The smallest absolute Gasteiger partial charge is 0.267 e. The predicted molar refractivity (Wildman–Crippen MR) is 45.2 cm³/mol. The van der Waals surface area contributed by atoms with Gasteiger partial charge in [0.1, 0.15) is 5.52 Å². The number of hydrogen-bond donors (Lipinski definition) is 1. The molecule has 15 heavy (non-hydrogen) atoms. The highest BCUT2D eigenvalue weighted by Crippen LogP contribution is 2.32. The Kier molecular flexibility index (Phi) is 1.95. The Bertz CT molecular complexity index is 556. The molecule has 2 rings (SSSR count). The zero-order chi connectivity index (χ0) is 11.1. The van der Waals surface area contributed by atoms with Crippen molar-refractivity contribution in [2.45, 2.75) is 6.18 Å². The average molecular weight is 215 g/mol. The summed E-state index contributed by atoms with van der Waals surface area (Å²) >= 11 is 0. The fourth-order valence-corrected chi connectivity index (χ4v) is 1.28. The van der Waals surface area contributed by atoms with E-state index in [1.807, 2.05) is 5.10 Å². The van der Waals surface area contributed by atoms with Crippen LogP contribution < -0.4 is 5.56 Å². The fraction of sp³-hybridized carbons (Fsp3) is 0.125. The minimum Gasteiger partial charge on any atom is -0.267 e. The number of alkyl halides is 3. The molecule has 1 N–H and O–H groups in total. The first kappa shape index (κ1) is 9.63. The summed E-state index contributed by atoms with van der Waals surface area (Å²) in [6.45, 7) is 0. The second-order valence-electron chi connectivity index (χ2n) is 2.84. The number of aromatic nitrogens is 3. The Morgan fingerprint density at radius 3 is 2.67 bits per heavy atom. The second-order valence-corrected chi connectivity index (χ2v) is 2.84. The van der Waals surface area contributed by atoms with E-state index in [-0.39, 0.29) is 5.52 Å². The number of nitrogens with zero attached hydrogens (tertiary/aromatic N) is 2. The molecule has 0 spiro atoms. The van der Waals surface area contributed by atoms with Gasteiger partial charge in [-0.25, -0.2) is 5.10 Å². The highest BCUT2D eigenvalue weighted by molar-refractivity contribution is 5.81. The highest BCUT2D eigenvalue weighted by atomic mass is 19.4. The van der Waals surface area contributed by atoms with Crippen LogP contribution in [0.15, 0.2) is 23.0 Å². The molecule has 7 heteroatoms. The normalized spacial score (nSPS) is 11.9. The van der Waals surface area contributed by atoms with Gasteiger partial charge in [-0.1, -0.05) is 11.3 Å². The molecule has 1 heterocycles. The molecule has 78 valence electrons. The van der Waals surface area contributed by atoms with Gasteiger partial charge in [-0.3, -0.25) is 4.79 Å². The van der Waals surface area contributed by atoms with E-state index in [1.165, 1.54) is 12.1 Å². The van der Waals surface area contributed by atoms with Crippen molar-refractivity contribution in [1.29, 1.82) is 0 Å². The first-order valence-electron chi connectivity index (χ1n) is 3.91. The topological polar surface area (TPSA) is 58.6 Å². The number of nitrogens with one attached hydrogen (secondary N) is 1. The van der Waals surface area contributed by atoms with Crippen LogP contribution in [-0.4, -0.2) is 15.4 Å². The van der Waals surface area contributed by atoms with Gasteiger partial charge in [0.05, 0.1) is 10.9 Å². The van der Waals surface area contributed by atoms with Crippen molar-refractivity contribution >= 4 is 10.9 Å². The molecule has 0 atom stereocenters. The molecule has 0 aliphatic carbocycles. The molecule has 0 unspecified atom stereocenters. The van der Waals surface area contributed by atoms with E-state index in [1.54, 1.807) is 0 Å². The summed E-state index contributed by atoms with van der Waals surface area (Å²) in [7, 11) is 0. The van der Waals surface area contributed by atoms with Gasteiger partial charge in [-0.05, 0) is 12.1 Å². The van der Waals surface area contributed by atoms with Gasteiger partial charge in [0, 0.05) is 0 Å². The molecule has 1 aromatic heterocycles. The molecule has 2 aromatic rings. The van der Waals surface area contributed by atoms with Crippen LogP contribution in [0.3, 0.4) is 0 Å². The molecule has 0 bridgehead atoms. The molecular weight excluding hydrogens is 211 g/mol. The summed E-state index contributed by atoms with van der Waals surface area (Å²) in [5.41, 5.74) is -1.97. The number of aromatic amines is 1. The minimum atomic E-state index is -4.57. The number of hydrogen-bond acceptors (Lipinski definition) is 3. The minimum absolute atomic E-state index is 0.0754. The molecular formula is C8H4F3N3O. The Hall–Kier alpha value is -1.92. The monoisotopic (exact) mass is 215 g/mol. The van der Waals surface area contributed by atoms with Crippen LogP contribution in [0.4, 0.5) is 13.2 Å². The van der Waals surface area contributed by atoms with Crippen molar-refractivity contribution in [3.8, 4) is 0 Å². The first-order valence-corrected chi connectivity index (χ1v) is 3.91. The van der Waals surface area contributed by atoms with Gasteiger partial charge in [0.2, 0.25) is 0 Å². The third-order valence-corrected chi connectivity index (χ3v) is 1.88. The van der Waals surface area contributed by atoms with Crippen molar-refractivity contribution in [2.24, 2.45) is 0 Å². The van der Waals surface area contributed by atoms with Crippen molar-refractivity contribution in [1.82, 2.24) is 15.4 Å². The fourth-order valence-electron chi connectivity index (χ4n) is 1.28. The van der Waals surface area contributed by atoms with Gasteiger partial charge >= 0.3 is 6.18 Å². The lowest BCUT2D eigenvalue weighted by atomic mass is 10.1. The van der Waals surface area contributed by atoms with E-state index in [0.717, 1.165) is 6.07 Å². The Morgan fingerprint density at radius 2 is 2.00 bits per heavy atom. The SMILES string of the molecule is O=c1[nH]nnc2cccc(C(F)(F)F)c12. The lowest BCUT2D eigenvalue weighted by Gasteiger charge is -2.07. The van der Waals surface area contributed by atoms with Crippen molar-refractivity contribution in [3.63, 3.8) is 0 Å². The Labute approximate surface area is 80.7 Å². The van der Waals surface area contributed by atoms with Gasteiger partial charge in [0.25, 0.3) is 5.56 Å². The highest BCUT2D eigenvalue weighted by Gasteiger charge is 2.33. The second kappa shape index (κ2) is 3.04. The first-order chi connectivity index (χ1) is 7.00. The van der Waals surface area contributed by atoms with E-state index in [4.69, 9.17) is 0 Å². The summed E-state index contributed by atoms with van der Waals surface area (Å²) in [4.78, 5) is 11.2. The van der Waals surface area contributed by atoms with Crippen LogP contribution in [0.5, 0.6) is 0 Å². The number of fused-ring (bicyclic) bond motifs is 1. The van der Waals surface area contributed by atoms with Crippen molar-refractivity contribution in [2.75, 3.05) is 0 Å². The van der Waals surface area contributed by atoms with E-state index in [2.05, 4.69) is 10.3 Å². The maximum absolute atomic E-state index is 12.5. The lowest BCUT2D eigenvalue weighted by Crippen LogP contribution is -2.16. The zero-order valence-corrected chi connectivity index (χ0v) is 7.17. The average Bonchev–Trinajstić information content (AvgIpc) is 2.16. The third kappa shape index (κ3) is 1.56.